The first kappa shape index (κ1) is 28.3. The Morgan fingerprint density at radius 1 is 0.732 bits per heavy atom. The van der Waals surface area contributed by atoms with Gasteiger partial charge in [0.1, 0.15) is 0 Å². The van der Waals surface area contributed by atoms with Crippen molar-refractivity contribution in [1.82, 2.24) is 15.1 Å². The largest absolute Gasteiger partial charge is 0.366 e. The lowest BCUT2D eigenvalue weighted by atomic mass is 9.98. The summed E-state index contributed by atoms with van der Waals surface area (Å²) >= 11 is 0. The van der Waals surface area contributed by atoms with E-state index in [2.05, 4.69) is 27.3 Å². The van der Waals surface area contributed by atoms with E-state index in [9.17, 15) is 14.4 Å². The Morgan fingerprint density at radius 2 is 1.32 bits per heavy atom. The number of nitrogens with one attached hydrogen (secondary N) is 1. The maximum absolute atomic E-state index is 13.2. The standard InChI is InChI=1S/C33H37N5O3/c34-31(39)25-10-6-23(7-11-25)20-37-17-14-30(15-18-37)36-33(41)28-4-1-3-27(19-28)29-5-2-16-38(22-29)21-24-8-12-26(13-9-24)32(35)40/h1,3-13,19,30H,2,14-18,20-22H2,(H2,34,39)(H2,35,40)(H,36,41). The number of carbonyl (C=O) groups is 3. The molecule has 8 nitrogen and oxygen atoms in total. The van der Waals surface area contributed by atoms with E-state index in [1.807, 2.05) is 42.5 Å². The number of rotatable bonds is 9. The van der Waals surface area contributed by atoms with Crippen molar-refractivity contribution in [1.29, 1.82) is 0 Å². The summed E-state index contributed by atoms with van der Waals surface area (Å²) in [5, 5.41) is 3.24. The summed E-state index contributed by atoms with van der Waals surface area (Å²) in [7, 11) is 0. The molecular formula is C33H37N5O3. The van der Waals surface area contributed by atoms with Crippen molar-refractivity contribution in [2.24, 2.45) is 11.5 Å². The number of nitrogens with zero attached hydrogens (tertiary/aromatic N) is 2. The zero-order valence-electron chi connectivity index (χ0n) is 23.2. The molecule has 0 aliphatic carbocycles. The van der Waals surface area contributed by atoms with Crippen molar-refractivity contribution in [2.45, 2.75) is 38.4 Å². The van der Waals surface area contributed by atoms with Gasteiger partial charge in [-0.3, -0.25) is 24.2 Å². The molecule has 41 heavy (non-hydrogen) atoms. The average molecular weight is 552 g/mol. The van der Waals surface area contributed by atoms with Crippen LogP contribution in [0.5, 0.6) is 0 Å². The molecule has 0 saturated carbocycles. The molecule has 0 bridgehead atoms. The highest BCUT2D eigenvalue weighted by molar-refractivity contribution is 5.95. The smallest absolute Gasteiger partial charge is 0.251 e. The fraction of sp³-hybridized carbons (Fsp3) is 0.303. The number of carbonyl (C=O) groups excluding carboxylic acids is 3. The molecule has 2 aliphatic heterocycles. The average Bonchev–Trinajstić information content (AvgIpc) is 2.99. The van der Waals surface area contributed by atoms with Gasteiger partial charge in [-0.15, -0.1) is 0 Å². The second-order valence-corrected chi connectivity index (χ2v) is 11.0. The van der Waals surface area contributed by atoms with Crippen LogP contribution in [-0.2, 0) is 13.1 Å². The van der Waals surface area contributed by atoms with Gasteiger partial charge in [-0.05, 0) is 77.9 Å². The summed E-state index contributed by atoms with van der Waals surface area (Å²) in [6.07, 6.45) is 5.00. The molecule has 0 unspecified atom stereocenters. The number of amides is 3. The summed E-state index contributed by atoms with van der Waals surface area (Å²) in [4.78, 5) is 40.6. The number of benzene rings is 3. The molecule has 3 aromatic rings. The third-order valence-electron chi connectivity index (χ3n) is 7.94. The number of primary amides is 2. The van der Waals surface area contributed by atoms with Crippen molar-refractivity contribution < 1.29 is 14.4 Å². The number of hydrogen-bond acceptors (Lipinski definition) is 5. The van der Waals surface area contributed by atoms with E-state index in [0.717, 1.165) is 75.2 Å². The Hall–Kier alpha value is -4.27. The minimum atomic E-state index is -0.417. The maximum Gasteiger partial charge on any atom is 0.251 e. The molecule has 0 radical (unpaired) electrons. The second-order valence-electron chi connectivity index (χ2n) is 11.0. The van der Waals surface area contributed by atoms with Gasteiger partial charge < -0.3 is 16.8 Å². The first-order valence-corrected chi connectivity index (χ1v) is 14.2. The summed E-state index contributed by atoms with van der Waals surface area (Å²) in [5.74, 6) is -0.865. The molecule has 1 fully saturated rings. The lowest BCUT2D eigenvalue weighted by Crippen LogP contribution is -2.44. The number of likely N-dealkylation sites (tertiary alicyclic amines) is 1. The molecule has 3 amide bonds. The molecule has 0 spiro atoms. The molecule has 1 saturated heterocycles. The van der Waals surface area contributed by atoms with Crippen LogP contribution >= 0.6 is 0 Å². The molecule has 8 heteroatoms. The Bertz CT molecular complexity index is 1420. The third-order valence-corrected chi connectivity index (χ3v) is 7.94. The van der Waals surface area contributed by atoms with E-state index in [0.29, 0.717) is 16.7 Å². The first-order valence-electron chi connectivity index (χ1n) is 14.2. The Kier molecular flexibility index (Phi) is 8.91. The van der Waals surface area contributed by atoms with Crippen LogP contribution in [0.2, 0.25) is 0 Å². The zero-order chi connectivity index (χ0) is 28.8. The van der Waals surface area contributed by atoms with Crippen LogP contribution in [0.4, 0.5) is 0 Å². The molecule has 2 aliphatic rings. The fourth-order valence-corrected chi connectivity index (χ4v) is 5.58. The highest BCUT2D eigenvalue weighted by atomic mass is 16.2. The predicted molar refractivity (Wildman–Crippen MR) is 160 cm³/mol. The first-order chi connectivity index (χ1) is 19.8. The van der Waals surface area contributed by atoms with Gasteiger partial charge in [-0.25, -0.2) is 0 Å². The van der Waals surface area contributed by atoms with Crippen molar-refractivity contribution in [3.63, 3.8) is 0 Å². The van der Waals surface area contributed by atoms with Crippen molar-refractivity contribution in [3.8, 4) is 0 Å². The van der Waals surface area contributed by atoms with Crippen LogP contribution in [0.15, 0.2) is 78.9 Å². The van der Waals surface area contributed by atoms with Crippen LogP contribution in [0.3, 0.4) is 0 Å². The van der Waals surface area contributed by atoms with E-state index in [4.69, 9.17) is 11.5 Å². The molecule has 212 valence electrons. The summed E-state index contributed by atoms with van der Waals surface area (Å²) in [6, 6.07) is 22.9. The number of hydrogen-bond donors (Lipinski definition) is 3. The zero-order valence-corrected chi connectivity index (χ0v) is 23.2. The summed E-state index contributed by atoms with van der Waals surface area (Å²) < 4.78 is 0. The quantitative estimate of drug-likeness (QED) is 0.375. The van der Waals surface area contributed by atoms with Crippen LogP contribution in [-0.4, -0.2) is 59.7 Å². The van der Waals surface area contributed by atoms with Gasteiger partial charge >= 0.3 is 0 Å². The Labute approximate surface area is 241 Å². The lowest BCUT2D eigenvalue weighted by molar-refractivity contribution is 0.0907. The van der Waals surface area contributed by atoms with Crippen LogP contribution in [0.25, 0.3) is 5.57 Å². The number of nitrogens with two attached hydrogens (primary N) is 2. The lowest BCUT2D eigenvalue weighted by Gasteiger charge is -2.32. The van der Waals surface area contributed by atoms with E-state index < -0.39 is 11.8 Å². The van der Waals surface area contributed by atoms with Gasteiger partial charge in [0, 0.05) is 62.0 Å². The molecule has 3 aromatic carbocycles. The van der Waals surface area contributed by atoms with Gasteiger partial charge in [-0.2, -0.15) is 0 Å². The molecule has 0 aromatic heterocycles. The van der Waals surface area contributed by atoms with Gasteiger partial charge in [0.05, 0.1) is 0 Å². The van der Waals surface area contributed by atoms with Crippen molar-refractivity contribution in [2.75, 3.05) is 26.2 Å². The van der Waals surface area contributed by atoms with E-state index >= 15 is 0 Å². The SMILES string of the molecule is NC(=O)c1ccc(CN2CCC(NC(=O)c3cccc(C4=CCCN(Cc5ccc(C(N)=O)cc5)C4)c3)CC2)cc1. The van der Waals surface area contributed by atoms with Crippen molar-refractivity contribution >= 4 is 23.3 Å². The van der Waals surface area contributed by atoms with Crippen molar-refractivity contribution in [3.05, 3.63) is 112 Å². The Morgan fingerprint density at radius 3 is 1.90 bits per heavy atom. The Balaban J connectivity index is 1.12. The van der Waals surface area contributed by atoms with Gasteiger partial charge in [0.2, 0.25) is 11.8 Å². The highest BCUT2D eigenvalue weighted by Crippen LogP contribution is 2.24. The normalized spacial score (nSPS) is 16.6. The van der Waals surface area contributed by atoms with Crippen LogP contribution in [0, 0.1) is 0 Å². The monoisotopic (exact) mass is 551 g/mol. The van der Waals surface area contributed by atoms with Gasteiger partial charge in [0.15, 0.2) is 0 Å². The molecular weight excluding hydrogens is 514 g/mol. The van der Waals surface area contributed by atoms with Gasteiger partial charge in [-0.1, -0.05) is 42.5 Å². The number of piperidine rings is 1. The highest BCUT2D eigenvalue weighted by Gasteiger charge is 2.22. The predicted octanol–water partition coefficient (Wildman–Crippen LogP) is 3.57. The summed E-state index contributed by atoms with van der Waals surface area (Å²) in [5.41, 5.74) is 17.0. The topological polar surface area (TPSA) is 122 Å². The van der Waals surface area contributed by atoms with Crippen LogP contribution in [0.1, 0.15) is 67.0 Å². The minimum Gasteiger partial charge on any atom is -0.366 e. The molecule has 2 heterocycles. The maximum atomic E-state index is 13.2. The second kappa shape index (κ2) is 12.9. The van der Waals surface area contributed by atoms with Gasteiger partial charge in [0.25, 0.3) is 5.91 Å². The third kappa shape index (κ3) is 7.48. The van der Waals surface area contributed by atoms with E-state index in [1.54, 1.807) is 24.3 Å². The molecule has 5 N–H and O–H groups in total. The summed E-state index contributed by atoms with van der Waals surface area (Å²) in [6.45, 7) is 5.15. The van der Waals surface area contributed by atoms with E-state index in [1.165, 1.54) is 5.57 Å². The molecule has 5 rings (SSSR count). The van der Waals surface area contributed by atoms with E-state index in [-0.39, 0.29) is 11.9 Å². The van der Waals surface area contributed by atoms with Crippen LogP contribution < -0.4 is 16.8 Å². The molecule has 0 atom stereocenters. The minimum absolute atomic E-state index is 0.0323. The fourth-order valence-electron chi connectivity index (χ4n) is 5.58.